The lowest BCUT2D eigenvalue weighted by atomic mass is 10.0. The van der Waals surface area contributed by atoms with Crippen molar-refractivity contribution in [3.8, 4) is 11.1 Å². The van der Waals surface area contributed by atoms with Gasteiger partial charge in [-0.15, -0.1) is 0 Å². The maximum atomic E-state index is 5.75. The quantitative estimate of drug-likeness (QED) is 0.658. The molecule has 15 heavy (non-hydrogen) atoms. The average Bonchev–Trinajstić information content (AvgIpc) is 2.20. The number of hydrogen-bond acceptors (Lipinski definition) is 1. The van der Waals surface area contributed by atoms with Gasteiger partial charge in [-0.3, -0.25) is 0 Å². The molecule has 1 aromatic heterocycles. The van der Waals surface area contributed by atoms with Crippen molar-refractivity contribution in [2.75, 3.05) is 0 Å². The van der Waals surface area contributed by atoms with Crippen LogP contribution >= 0.6 is 11.6 Å². The zero-order chi connectivity index (χ0) is 10.8. The van der Waals surface area contributed by atoms with Crippen LogP contribution in [0.25, 0.3) is 11.1 Å². The summed E-state index contributed by atoms with van der Waals surface area (Å²) in [6, 6.07) is 10.2. The van der Waals surface area contributed by atoms with Crippen molar-refractivity contribution in [1.29, 1.82) is 0 Å². The Morgan fingerprint density at radius 3 is 2.47 bits per heavy atom. The van der Waals surface area contributed by atoms with Crippen LogP contribution in [0.15, 0.2) is 36.5 Å². The molecule has 0 aliphatic rings. The minimum Gasteiger partial charge on any atom is -0.244 e. The van der Waals surface area contributed by atoms with E-state index in [1.807, 2.05) is 12.1 Å². The molecular weight excluding hydrogens is 206 g/mol. The summed E-state index contributed by atoms with van der Waals surface area (Å²) in [4.78, 5) is 4.08. The monoisotopic (exact) mass is 217 g/mol. The van der Waals surface area contributed by atoms with Crippen molar-refractivity contribution in [2.45, 2.75) is 13.8 Å². The smallest absolute Gasteiger partial charge is 0.129 e. The highest BCUT2D eigenvalue weighted by molar-refractivity contribution is 6.29. The summed E-state index contributed by atoms with van der Waals surface area (Å²) in [7, 11) is 0. The van der Waals surface area contributed by atoms with E-state index in [0.29, 0.717) is 5.15 Å². The molecule has 0 aliphatic heterocycles. The zero-order valence-corrected chi connectivity index (χ0v) is 9.55. The van der Waals surface area contributed by atoms with E-state index in [9.17, 15) is 0 Å². The molecule has 0 radical (unpaired) electrons. The molecule has 0 saturated carbocycles. The summed E-state index contributed by atoms with van der Waals surface area (Å²) in [5.41, 5.74) is 4.86. The third kappa shape index (κ3) is 2.18. The molecule has 2 rings (SSSR count). The van der Waals surface area contributed by atoms with Gasteiger partial charge in [-0.05, 0) is 37.1 Å². The van der Waals surface area contributed by atoms with Gasteiger partial charge in [0.25, 0.3) is 0 Å². The van der Waals surface area contributed by atoms with E-state index in [-0.39, 0.29) is 0 Å². The number of benzene rings is 1. The fourth-order valence-electron chi connectivity index (χ4n) is 1.67. The standard InChI is InChI=1S/C13H12ClN/c1-9-3-5-12(10(2)7-9)11-4-6-13(14)15-8-11/h3-8H,1-2H3. The van der Waals surface area contributed by atoms with E-state index in [2.05, 4.69) is 37.0 Å². The molecular formula is C13H12ClN. The molecule has 0 spiro atoms. The average molecular weight is 218 g/mol. The normalized spacial score (nSPS) is 10.3. The Kier molecular flexibility index (Phi) is 2.74. The summed E-state index contributed by atoms with van der Waals surface area (Å²) in [5.74, 6) is 0. The Hall–Kier alpha value is -1.34. The van der Waals surface area contributed by atoms with Crippen molar-refractivity contribution in [2.24, 2.45) is 0 Å². The zero-order valence-electron chi connectivity index (χ0n) is 8.79. The second-order valence-electron chi connectivity index (χ2n) is 3.69. The Labute approximate surface area is 94.7 Å². The van der Waals surface area contributed by atoms with Crippen molar-refractivity contribution in [3.05, 3.63) is 52.8 Å². The largest absolute Gasteiger partial charge is 0.244 e. The highest BCUT2D eigenvalue weighted by Gasteiger charge is 2.01. The van der Waals surface area contributed by atoms with Gasteiger partial charge in [0.15, 0.2) is 0 Å². The molecule has 0 atom stereocenters. The maximum absolute atomic E-state index is 5.75. The lowest BCUT2D eigenvalue weighted by molar-refractivity contribution is 1.31. The van der Waals surface area contributed by atoms with Crippen LogP contribution in [0.2, 0.25) is 5.15 Å². The van der Waals surface area contributed by atoms with Crippen LogP contribution in [0, 0.1) is 13.8 Å². The van der Waals surface area contributed by atoms with Crippen LogP contribution in [0.4, 0.5) is 0 Å². The first-order valence-corrected chi connectivity index (χ1v) is 5.24. The number of aryl methyl sites for hydroxylation is 2. The molecule has 1 aromatic carbocycles. The molecule has 76 valence electrons. The van der Waals surface area contributed by atoms with Gasteiger partial charge in [-0.2, -0.15) is 0 Å². The van der Waals surface area contributed by atoms with E-state index in [0.717, 1.165) is 5.56 Å². The number of aromatic nitrogens is 1. The van der Waals surface area contributed by atoms with Gasteiger partial charge >= 0.3 is 0 Å². The van der Waals surface area contributed by atoms with Gasteiger partial charge in [0, 0.05) is 11.8 Å². The highest BCUT2D eigenvalue weighted by atomic mass is 35.5. The second kappa shape index (κ2) is 4.03. The molecule has 2 aromatic rings. The molecule has 0 N–H and O–H groups in total. The molecule has 0 aliphatic carbocycles. The minimum absolute atomic E-state index is 0.531. The predicted octanol–water partition coefficient (Wildman–Crippen LogP) is 4.02. The third-order valence-electron chi connectivity index (χ3n) is 2.42. The van der Waals surface area contributed by atoms with Crippen LogP contribution in [0.3, 0.4) is 0 Å². The van der Waals surface area contributed by atoms with Crippen LogP contribution in [-0.2, 0) is 0 Å². The summed E-state index contributed by atoms with van der Waals surface area (Å²) in [5, 5.41) is 0.531. The second-order valence-corrected chi connectivity index (χ2v) is 4.08. The van der Waals surface area contributed by atoms with E-state index >= 15 is 0 Å². The molecule has 0 unspecified atom stereocenters. The first kappa shape index (κ1) is 10.2. The van der Waals surface area contributed by atoms with Crippen LogP contribution in [-0.4, -0.2) is 4.98 Å². The molecule has 0 bridgehead atoms. The first-order valence-electron chi connectivity index (χ1n) is 4.86. The molecule has 2 heteroatoms. The Morgan fingerprint density at radius 1 is 1.07 bits per heavy atom. The van der Waals surface area contributed by atoms with Gasteiger partial charge in [0.1, 0.15) is 5.15 Å². The van der Waals surface area contributed by atoms with Crippen LogP contribution < -0.4 is 0 Å². The fourth-order valence-corrected chi connectivity index (χ4v) is 1.78. The number of hydrogen-bond donors (Lipinski definition) is 0. The van der Waals surface area contributed by atoms with Gasteiger partial charge < -0.3 is 0 Å². The topological polar surface area (TPSA) is 12.9 Å². The van der Waals surface area contributed by atoms with Gasteiger partial charge in [0.2, 0.25) is 0 Å². The van der Waals surface area contributed by atoms with Gasteiger partial charge in [-0.25, -0.2) is 4.98 Å². The van der Waals surface area contributed by atoms with Gasteiger partial charge in [-0.1, -0.05) is 35.4 Å². The van der Waals surface area contributed by atoms with Gasteiger partial charge in [0.05, 0.1) is 0 Å². The maximum Gasteiger partial charge on any atom is 0.129 e. The molecule has 0 fully saturated rings. The number of rotatable bonds is 1. The lowest BCUT2D eigenvalue weighted by Crippen LogP contribution is -1.85. The van der Waals surface area contributed by atoms with Crippen LogP contribution in [0.5, 0.6) is 0 Å². The highest BCUT2D eigenvalue weighted by Crippen LogP contribution is 2.24. The number of halogens is 1. The molecule has 0 saturated heterocycles. The number of nitrogens with zero attached hydrogens (tertiary/aromatic N) is 1. The lowest BCUT2D eigenvalue weighted by Gasteiger charge is -2.06. The molecule has 1 nitrogen and oxygen atoms in total. The Morgan fingerprint density at radius 2 is 1.87 bits per heavy atom. The Balaban J connectivity index is 2.49. The van der Waals surface area contributed by atoms with Crippen molar-refractivity contribution in [3.63, 3.8) is 0 Å². The predicted molar refractivity (Wildman–Crippen MR) is 64.2 cm³/mol. The van der Waals surface area contributed by atoms with E-state index in [1.54, 1.807) is 6.20 Å². The minimum atomic E-state index is 0.531. The van der Waals surface area contributed by atoms with Crippen molar-refractivity contribution < 1.29 is 0 Å². The summed E-state index contributed by atoms with van der Waals surface area (Å²) in [6.45, 7) is 4.20. The molecule has 0 amide bonds. The Bertz CT molecular complexity index is 474. The SMILES string of the molecule is Cc1ccc(-c2ccc(Cl)nc2)c(C)c1. The summed E-state index contributed by atoms with van der Waals surface area (Å²) >= 11 is 5.75. The molecule has 1 heterocycles. The van der Waals surface area contributed by atoms with Crippen LogP contribution in [0.1, 0.15) is 11.1 Å². The van der Waals surface area contributed by atoms with E-state index in [4.69, 9.17) is 11.6 Å². The summed E-state index contributed by atoms with van der Waals surface area (Å²) < 4.78 is 0. The summed E-state index contributed by atoms with van der Waals surface area (Å²) in [6.07, 6.45) is 1.81. The van der Waals surface area contributed by atoms with E-state index in [1.165, 1.54) is 16.7 Å². The third-order valence-corrected chi connectivity index (χ3v) is 2.64. The first-order chi connectivity index (χ1) is 7.16. The fraction of sp³-hybridized carbons (Fsp3) is 0.154. The number of pyridine rings is 1. The van der Waals surface area contributed by atoms with Crippen molar-refractivity contribution >= 4 is 11.6 Å². The van der Waals surface area contributed by atoms with Crippen molar-refractivity contribution in [1.82, 2.24) is 4.98 Å². The van der Waals surface area contributed by atoms with E-state index < -0.39 is 0 Å².